The Hall–Kier alpha value is -2.79. The Kier molecular flexibility index (Phi) is 8.73. The number of rotatable bonds is 8. The van der Waals surface area contributed by atoms with Crippen LogP contribution >= 0.6 is 35.4 Å². The zero-order chi connectivity index (χ0) is 25.7. The minimum Gasteiger partial charge on any atom is -0.345 e. The van der Waals surface area contributed by atoms with Gasteiger partial charge < -0.3 is 14.8 Å². The molecule has 1 heterocycles. The van der Waals surface area contributed by atoms with E-state index >= 15 is 0 Å². The highest BCUT2D eigenvalue weighted by atomic mass is 35.5. The molecule has 0 aliphatic rings. The quantitative estimate of drug-likeness (QED) is 0.229. The molecule has 1 aromatic heterocycles. The van der Waals surface area contributed by atoms with Crippen LogP contribution in [0, 0.1) is 20.8 Å². The molecule has 0 radical (unpaired) electrons. The van der Waals surface area contributed by atoms with Crippen molar-refractivity contribution in [3.05, 3.63) is 123 Å². The second-order valence-corrected chi connectivity index (χ2v) is 10.4. The second-order valence-electron chi connectivity index (χ2n) is 9.20. The van der Waals surface area contributed by atoms with Gasteiger partial charge in [0.05, 0.1) is 6.54 Å². The minimum absolute atomic E-state index is 0.675. The van der Waals surface area contributed by atoms with Gasteiger partial charge in [0.1, 0.15) is 0 Å². The fourth-order valence-corrected chi connectivity index (χ4v) is 4.82. The minimum atomic E-state index is 0.675. The van der Waals surface area contributed by atoms with Crippen molar-refractivity contribution in [2.75, 3.05) is 11.9 Å². The van der Waals surface area contributed by atoms with E-state index in [-0.39, 0.29) is 0 Å². The summed E-state index contributed by atoms with van der Waals surface area (Å²) in [6.45, 7) is 8.59. The molecular weight excluding hydrogens is 505 g/mol. The number of nitrogens with zero attached hydrogens (tertiary/aromatic N) is 2. The largest absolute Gasteiger partial charge is 0.345 e. The molecule has 0 saturated heterocycles. The molecule has 4 aromatic rings. The normalized spacial score (nSPS) is 10.9. The molecule has 0 bridgehead atoms. The molecule has 1 N–H and O–H groups in total. The van der Waals surface area contributed by atoms with Gasteiger partial charge in [-0.2, -0.15) is 0 Å². The van der Waals surface area contributed by atoms with Gasteiger partial charge in [-0.25, -0.2) is 0 Å². The first kappa shape index (κ1) is 26.3. The predicted octanol–water partition coefficient (Wildman–Crippen LogP) is 8.21. The van der Waals surface area contributed by atoms with E-state index in [9.17, 15) is 0 Å². The lowest BCUT2D eigenvalue weighted by molar-refractivity contribution is 0.409. The van der Waals surface area contributed by atoms with Crippen LogP contribution in [0.1, 0.15) is 33.5 Å². The summed E-state index contributed by atoms with van der Waals surface area (Å²) in [7, 11) is 0. The van der Waals surface area contributed by atoms with Crippen molar-refractivity contribution in [3.63, 3.8) is 0 Å². The summed E-state index contributed by atoms with van der Waals surface area (Å²) in [4.78, 5) is 2.22. The van der Waals surface area contributed by atoms with E-state index in [4.69, 9.17) is 35.4 Å². The fourth-order valence-electron chi connectivity index (χ4n) is 4.25. The lowest BCUT2D eigenvalue weighted by Crippen LogP contribution is -2.36. The van der Waals surface area contributed by atoms with Crippen LogP contribution in [0.2, 0.25) is 10.0 Å². The Morgan fingerprint density at radius 2 is 1.72 bits per heavy atom. The summed E-state index contributed by atoms with van der Waals surface area (Å²) in [5, 5.41) is 5.57. The highest BCUT2D eigenvalue weighted by molar-refractivity contribution is 7.80. The predicted molar refractivity (Wildman–Crippen MR) is 157 cm³/mol. The maximum Gasteiger partial charge on any atom is 0.173 e. The molecule has 0 unspecified atom stereocenters. The van der Waals surface area contributed by atoms with Crippen molar-refractivity contribution in [2.24, 2.45) is 0 Å². The Morgan fingerprint density at radius 1 is 0.944 bits per heavy atom. The fraction of sp³-hybridized carbons (Fsp3) is 0.233. The highest BCUT2D eigenvalue weighted by Crippen LogP contribution is 2.24. The third kappa shape index (κ3) is 6.70. The number of aryl methyl sites for hydroxylation is 2. The summed E-state index contributed by atoms with van der Waals surface area (Å²) in [5.41, 5.74) is 8.25. The first-order valence-corrected chi connectivity index (χ1v) is 13.2. The lowest BCUT2D eigenvalue weighted by Gasteiger charge is -2.27. The molecule has 0 amide bonds. The number of anilines is 1. The van der Waals surface area contributed by atoms with Gasteiger partial charge in [-0.3, -0.25) is 0 Å². The van der Waals surface area contributed by atoms with E-state index in [0.717, 1.165) is 40.8 Å². The molecule has 0 spiro atoms. The van der Waals surface area contributed by atoms with Crippen LogP contribution < -0.4 is 5.32 Å². The van der Waals surface area contributed by atoms with E-state index in [1.807, 2.05) is 37.3 Å². The van der Waals surface area contributed by atoms with E-state index in [2.05, 4.69) is 77.3 Å². The van der Waals surface area contributed by atoms with Crippen LogP contribution in [-0.2, 0) is 19.5 Å². The smallest absolute Gasteiger partial charge is 0.173 e. The van der Waals surface area contributed by atoms with Crippen LogP contribution in [0.5, 0.6) is 0 Å². The molecule has 186 valence electrons. The van der Waals surface area contributed by atoms with Crippen LogP contribution in [0.4, 0.5) is 5.69 Å². The van der Waals surface area contributed by atoms with Crippen LogP contribution in [0.25, 0.3) is 0 Å². The van der Waals surface area contributed by atoms with Gasteiger partial charge in [0, 0.05) is 40.7 Å². The Bertz CT molecular complexity index is 1340. The first-order chi connectivity index (χ1) is 17.3. The zero-order valence-electron chi connectivity index (χ0n) is 20.9. The molecule has 0 saturated carbocycles. The van der Waals surface area contributed by atoms with Crippen molar-refractivity contribution in [3.8, 4) is 0 Å². The standard InChI is InChI=1S/C30H31Cl2N3S/c1-21-9-12-25(22(2)18-21)19-34-16-5-6-27(34)20-35(17-15-24-10-13-26(31)14-11-24)30(36)33-29-8-4-7-28(32)23(29)3/h4-14,16,18H,15,17,19-20H2,1-3H3,(H,33,36). The topological polar surface area (TPSA) is 20.2 Å². The number of hydrogen-bond donors (Lipinski definition) is 1. The van der Waals surface area contributed by atoms with E-state index in [1.54, 1.807) is 0 Å². The Labute approximate surface area is 229 Å². The van der Waals surface area contributed by atoms with Gasteiger partial charge in [-0.15, -0.1) is 0 Å². The maximum absolute atomic E-state index is 6.36. The molecule has 3 aromatic carbocycles. The number of benzene rings is 3. The van der Waals surface area contributed by atoms with Gasteiger partial charge in [0.25, 0.3) is 0 Å². The molecule has 3 nitrogen and oxygen atoms in total. The molecule has 4 rings (SSSR count). The number of halogens is 2. The molecular formula is C30H31Cl2N3S. The van der Waals surface area contributed by atoms with Crippen molar-refractivity contribution in [2.45, 2.75) is 40.3 Å². The van der Waals surface area contributed by atoms with E-state index < -0.39 is 0 Å². The van der Waals surface area contributed by atoms with Gasteiger partial charge in [0.2, 0.25) is 0 Å². The average molecular weight is 537 g/mol. The molecule has 0 aliphatic carbocycles. The molecule has 6 heteroatoms. The number of aromatic nitrogens is 1. The monoisotopic (exact) mass is 535 g/mol. The van der Waals surface area contributed by atoms with Crippen LogP contribution in [-0.4, -0.2) is 21.1 Å². The van der Waals surface area contributed by atoms with Gasteiger partial charge in [-0.1, -0.05) is 65.2 Å². The Morgan fingerprint density at radius 3 is 2.47 bits per heavy atom. The third-order valence-electron chi connectivity index (χ3n) is 6.50. The van der Waals surface area contributed by atoms with E-state index in [1.165, 1.54) is 27.9 Å². The number of nitrogens with one attached hydrogen (secondary N) is 1. The zero-order valence-corrected chi connectivity index (χ0v) is 23.2. The van der Waals surface area contributed by atoms with Gasteiger partial charge in [-0.05, 0) is 98.1 Å². The lowest BCUT2D eigenvalue weighted by atomic mass is 10.1. The number of hydrogen-bond acceptors (Lipinski definition) is 1. The van der Waals surface area contributed by atoms with E-state index in [0.29, 0.717) is 11.7 Å². The van der Waals surface area contributed by atoms with Crippen molar-refractivity contribution >= 4 is 46.2 Å². The van der Waals surface area contributed by atoms with Crippen LogP contribution in [0.15, 0.2) is 79.0 Å². The summed E-state index contributed by atoms with van der Waals surface area (Å²) in [6.07, 6.45) is 2.99. The summed E-state index contributed by atoms with van der Waals surface area (Å²) in [6, 6.07) is 24.8. The average Bonchev–Trinajstić information content (AvgIpc) is 3.29. The maximum atomic E-state index is 6.36. The summed E-state index contributed by atoms with van der Waals surface area (Å²) < 4.78 is 2.31. The van der Waals surface area contributed by atoms with Crippen molar-refractivity contribution in [1.82, 2.24) is 9.47 Å². The van der Waals surface area contributed by atoms with Crippen molar-refractivity contribution in [1.29, 1.82) is 0 Å². The SMILES string of the molecule is Cc1ccc(Cn2cccc2CN(CCc2ccc(Cl)cc2)C(=S)Nc2cccc(Cl)c2C)c(C)c1. The third-order valence-corrected chi connectivity index (χ3v) is 7.52. The van der Waals surface area contributed by atoms with Gasteiger partial charge >= 0.3 is 0 Å². The summed E-state index contributed by atoms with van der Waals surface area (Å²) >= 11 is 18.4. The van der Waals surface area contributed by atoms with Crippen molar-refractivity contribution < 1.29 is 0 Å². The summed E-state index contributed by atoms with van der Waals surface area (Å²) in [5.74, 6) is 0. The van der Waals surface area contributed by atoms with Crippen LogP contribution in [0.3, 0.4) is 0 Å². The van der Waals surface area contributed by atoms with Gasteiger partial charge in [0.15, 0.2) is 5.11 Å². The first-order valence-electron chi connectivity index (χ1n) is 12.1. The molecule has 0 fully saturated rings. The number of thiocarbonyl (C=S) groups is 1. The highest BCUT2D eigenvalue weighted by Gasteiger charge is 2.15. The Balaban J connectivity index is 1.55. The molecule has 36 heavy (non-hydrogen) atoms. The molecule has 0 aliphatic heterocycles. The second kappa shape index (κ2) is 12.0. The molecule has 0 atom stereocenters.